The maximum Gasteiger partial charge on any atom is 0.335 e. The van der Waals surface area contributed by atoms with Crippen molar-refractivity contribution in [1.29, 1.82) is 0 Å². The lowest BCUT2D eigenvalue weighted by atomic mass is 9.92. The molecule has 1 aliphatic rings. The van der Waals surface area contributed by atoms with Gasteiger partial charge in [0.2, 0.25) is 0 Å². The molecule has 0 spiro atoms. The molecule has 0 amide bonds. The molecule has 0 aromatic rings. The normalized spacial score (nSPS) is 21.1. The summed E-state index contributed by atoms with van der Waals surface area (Å²) in [6.45, 7) is 3.83. The average molecular weight is 187 g/mol. The van der Waals surface area contributed by atoms with Crippen LogP contribution in [0.2, 0.25) is 0 Å². The molecular formula is C9H17NO3. The minimum absolute atomic E-state index is 0.0697. The van der Waals surface area contributed by atoms with E-state index in [-0.39, 0.29) is 5.92 Å². The number of rotatable bonds is 3. The molecule has 0 aromatic carbocycles. The van der Waals surface area contributed by atoms with Crippen LogP contribution in [0.25, 0.3) is 0 Å². The summed E-state index contributed by atoms with van der Waals surface area (Å²) in [5.41, 5.74) is 0. The van der Waals surface area contributed by atoms with Crippen LogP contribution in [0.1, 0.15) is 19.8 Å². The quantitative estimate of drug-likeness (QED) is 0.606. The van der Waals surface area contributed by atoms with E-state index in [1.165, 1.54) is 0 Å². The number of esters is 1. The van der Waals surface area contributed by atoms with E-state index in [2.05, 4.69) is 5.32 Å². The Labute approximate surface area is 78.3 Å². The van der Waals surface area contributed by atoms with Gasteiger partial charge in [-0.25, -0.2) is 4.79 Å². The Bertz CT molecular complexity index is 166. The maximum atomic E-state index is 11.1. The molecule has 0 radical (unpaired) electrons. The van der Waals surface area contributed by atoms with E-state index in [1.807, 2.05) is 0 Å². The number of piperidine rings is 1. The molecule has 2 N–H and O–H groups in total. The summed E-state index contributed by atoms with van der Waals surface area (Å²) >= 11 is 0. The lowest BCUT2D eigenvalue weighted by Gasteiger charge is -2.25. The number of nitrogens with one attached hydrogen (secondary N) is 1. The van der Waals surface area contributed by atoms with Crippen molar-refractivity contribution < 1.29 is 14.6 Å². The van der Waals surface area contributed by atoms with Crippen LogP contribution in [-0.4, -0.2) is 36.9 Å². The Hall–Kier alpha value is -0.610. The summed E-state index contributed by atoms with van der Waals surface area (Å²) in [5.74, 6) is -0.408. The van der Waals surface area contributed by atoms with Crippen LogP contribution in [0.3, 0.4) is 0 Å². The zero-order valence-electron chi connectivity index (χ0n) is 7.95. The SMILES string of the molecule is CCOC(=O)C(O)C1CCNCC1. The van der Waals surface area contributed by atoms with Crippen molar-refractivity contribution in [3.63, 3.8) is 0 Å². The van der Waals surface area contributed by atoms with E-state index in [4.69, 9.17) is 4.74 Å². The third kappa shape index (κ3) is 2.97. The summed E-state index contributed by atoms with van der Waals surface area (Å²) in [4.78, 5) is 11.1. The number of hydrogen-bond acceptors (Lipinski definition) is 4. The summed E-state index contributed by atoms with van der Waals surface area (Å²) in [5, 5.41) is 12.7. The highest BCUT2D eigenvalue weighted by molar-refractivity contribution is 5.74. The van der Waals surface area contributed by atoms with Crippen LogP contribution >= 0.6 is 0 Å². The van der Waals surface area contributed by atoms with Crippen molar-refractivity contribution in [2.75, 3.05) is 19.7 Å². The number of aliphatic hydroxyl groups excluding tert-OH is 1. The molecule has 1 aliphatic heterocycles. The van der Waals surface area contributed by atoms with E-state index in [0.717, 1.165) is 25.9 Å². The minimum Gasteiger partial charge on any atom is -0.464 e. The van der Waals surface area contributed by atoms with Gasteiger partial charge >= 0.3 is 5.97 Å². The fraction of sp³-hybridized carbons (Fsp3) is 0.889. The van der Waals surface area contributed by atoms with Gasteiger partial charge in [-0.05, 0) is 38.8 Å². The lowest BCUT2D eigenvalue weighted by Crippen LogP contribution is -2.38. The van der Waals surface area contributed by atoms with E-state index in [0.29, 0.717) is 6.61 Å². The molecule has 0 bridgehead atoms. The van der Waals surface area contributed by atoms with Crippen molar-refractivity contribution in [3.05, 3.63) is 0 Å². The number of aliphatic hydroxyl groups is 1. The minimum atomic E-state index is -0.929. The van der Waals surface area contributed by atoms with Gasteiger partial charge < -0.3 is 15.2 Å². The first kappa shape index (κ1) is 10.5. The molecule has 0 saturated carbocycles. The molecular weight excluding hydrogens is 170 g/mol. The van der Waals surface area contributed by atoms with E-state index >= 15 is 0 Å². The topological polar surface area (TPSA) is 58.6 Å². The smallest absolute Gasteiger partial charge is 0.335 e. The third-order valence-corrected chi connectivity index (χ3v) is 2.36. The Kier molecular flexibility index (Phi) is 4.18. The first-order valence-corrected chi connectivity index (χ1v) is 4.81. The number of carbonyl (C=O) groups is 1. The van der Waals surface area contributed by atoms with Crippen molar-refractivity contribution in [2.45, 2.75) is 25.9 Å². The highest BCUT2D eigenvalue weighted by Crippen LogP contribution is 2.17. The number of hydrogen-bond donors (Lipinski definition) is 2. The zero-order valence-corrected chi connectivity index (χ0v) is 7.95. The lowest BCUT2D eigenvalue weighted by molar-refractivity contribution is -0.156. The van der Waals surface area contributed by atoms with Crippen molar-refractivity contribution in [2.24, 2.45) is 5.92 Å². The highest BCUT2D eigenvalue weighted by atomic mass is 16.5. The zero-order chi connectivity index (χ0) is 9.68. The Morgan fingerprint density at radius 1 is 1.62 bits per heavy atom. The highest BCUT2D eigenvalue weighted by Gasteiger charge is 2.28. The van der Waals surface area contributed by atoms with Crippen LogP contribution in [0.15, 0.2) is 0 Å². The fourth-order valence-corrected chi connectivity index (χ4v) is 1.58. The van der Waals surface area contributed by atoms with Crippen molar-refractivity contribution in [3.8, 4) is 0 Å². The largest absolute Gasteiger partial charge is 0.464 e. The fourth-order valence-electron chi connectivity index (χ4n) is 1.58. The van der Waals surface area contributed by atoms with Gasteiger partial charge in [-0.1, -0.05) is 0 Å². The van der Waals surface area contributed by atoms with Crippen LogP contribution < -0.4 is 5.32 Å². The van der Waals surface area contributed by atoms with Gasteiger partial charge in [0, 0.05) is 0 Å². The second-order valence-electron chi connectivity index (χ2n) is 3.28. The van der Waals surface area contributed by atoms with Gasteiger partial charge in [-0.15, -0.1) is 0 Å². The predicted octanol–water partition coefficient (Wildman–Crippen LogP) is -0.0900. The maximum absolute atomic E-state index is 11.1. The van der Waals surface area contributed by atoms with Gasteiger partial charge in [0.1, 0.15) is 0 Å². The van der Waals surface area contributed by atoms with Gasteiger partial charge in [0.05, 0.1) is 6.61 Å². The number of ether oxygens (including phenoxy) is 1. The molecule has 4 nitrogen and oxygen atoms in total. The average Bonchev–Trinajstić information content (AvgIpc) is 2.18. The van der Waals surface area contributed by atoms with Crippen molar-refractivity contribution in [1.82, 2.24) is 5.32 Å². The van der Waals surface area contributed by atoms with Crippen LogP contribution in [0, 0.1) is 5.92 Å². The van der Waals surface area contributed by atoms with E-state index in [1.54, 1.807) is 6.92 Å². The third-order valence-electron chi connectivity index (χ3n) is 2.36. The Balaban J connectivity index is 2.35. The van der Waals surface area contributed by atoms with E-state index < -0.39 is 12.1 Å². The molecule has 13 heavy (non-hydrogen) atoms. The first-order chi connectivity index (χ1) is 6.25. The molecule has 1 rings (SSSR count). The molecule has 0 aromatic heterocycles. The van der Waals surface area contributed by atoms with Crippen molar-refractivity contribution >= 4 is 5.97 Å². The van der Waals surface area contributed by atoms with Crippen LogP contribution in [-0.2, 0) is 9.53 Å². The Morgan fingerprint density at radius 2 is 2.23 bits per heavy atom. The molecule has 1 fully saturated rings. The second-order valence-corrected chi connectivity index (χ2v) is 3.28. The molecule has 1 atom stereocenters. The molecule has 76 valence electrons. The van der Waals surface area contributed by atoms with Crippen LogP contribution in [0.5, 0.6) is 0 Å². The summed E-state index contributed by atoms with van der Waals surface area (Å²) in [6, 6.07) is 0. The summed E-state index contributed by atoms with van der Waals surface area (Å²) < 4.78 is 4.75. The van der Waals surface area contributed by atoms with Gasteiger partial charge in [-0.2, -0.15) is 0 Å². The van der Waals surface area contributed by atoms with Gasteiger partial charge in [0.25, 0.3) is 0 Å². The van der Waals surface area contributed by atoms with Crippen LogP contribution in [0.4, 0.5) is 0 Å². The molecule has 1 saturated heterocycles. The standard InChI is InChI=1S/C9H17NO3/c1-2-13-9(12)8(11)7-3-5-10-6-4-7/h7-8,10-11H,2-6H2,1H3. The van der Waals surface area contributed by atoms with Gasteiger partial charge in [-0.3, -0.25) is 0 Å². The first-order valence-electron chi connectivity index (χ1n) is 4.81. The summed E-state index contributed by atoms with van der Waals surface area (Å²) in [7, 11) is 0. The molecule has 1 heterocycles. The molecule has 1 unspecified atom stereocenters. The summed E-state index contributed by atoms with van der Waals surface area (Å²) in [6.07, 6.45) is 0.766. The monoisotopic (exact) mass is 187 g/mol. The number of carbonyl (C=O) groups excluding carboxylic acids is 1. The van der Waals surface area contributed by atoms with E-state index in [9.17, 15) is 9.90 Å². The molecule has 4 heteroatoms. The predicted molar refractivity (Wildman–Crippen MR) is 48.2 cm³/mol. The van der Waals surface area contributed by atoms with Gasteiger partial charge in [0.15, 0.2) is 6.10 Å². The Morgan fingerprint density at radius 3 is 2.77 bits per heavy atom. The molecule has 0 aliphatic carbocycles. The second kappa shape index (κ2) is 5.19.